The first-order valence-corrected chi connectivity index (χ1v) is 28.4. The topological polar surface area (TPSA) is 36.9 Å². The van der Waals surface area contributed by atoms with Crippen LogP contribution in [0.25, 0.3) is 94.5 Å². The predicted molar refractivity (Wildman–Crippen MR) is 314 cm³/mol. The summed E-state index contributed by atoms with van der Waals surface area (Å²) in [6, 6.07) is 77.8. The van der Waals surface area contributed by atoms with Gasteiger partial charge >= 0.3 is 364 Å². The summed E-state index contributed by atoms with van der Waals surface area (Å²) in [6.45, 7) is 6.80. The van der Waals surface area contributed by atoms with Crippen molar-refractivity contribution >= 4 is 32.8 Å². The van der Waals surface area contributed by atoms with Gasteiger partial charge in [-0.05, 0) is 41.4 Å². The molecule has 14 rings (SSSR count). The van der Waals surface area contributed by atoms with Crippen LogP contribution >= 0.6 is 0 Å². The Morgan fingerprint density at radius 3 is 1.95 bits per heavy atom. The number of aromatic nitrogens is 4. The van der Waals surface area contributed by atoms with Crippen molar-refractivity contribution in [3.63, 3.8) is 0 Å². The van der Waals surface area contributed by atoms with E-state index in [1.807, 2.05) is 6.20 Å². The molecule has 1 saturated carbocycles. The zero-order valence-electron chi connectivity index (χ0n) is 43.6. The SMILES string of the molecule is CC(C)(C)c1ccnc(-n2c3ccc(C4CCCCC4)cc3c3ccc(Oc4cccc(-n5[c](=[Pt])n(-c6c(-c7ccccc7)cc7c(c6-c6ccccc6)Cc6cc(-c8ccccc8)ccc6-7)c6ccccc65)c4)cc32)c1. The van der Waals surface area contributed by atoms with E-state index in [1.165, 1.54) is 115 Å². The molecule has 2 aliphatic rings. The third-order valence-corrected chi connectivity index (χ3v) is 17.4. The number of imidazole rings is 1. The standard InChI is InChI=1S/C71H58N4O.Pt/c1-71(2,3)54-37-38-72-68(42-54)75-64-36-32-52(48-21-10-5-11-22-48)40-62(64)59-35-33-57(44-67(59)75)76-56-28-18-27-55(43-56)73-46-74(66-30-17-16-29-65(66)73)70-60(49-23-12-6-13-24-49)45-61-58-34-31-51(47-19-8-4-9-20-47)39-53(58)41-63(61)69(70)50-25-14-7-15-26-50;/h4,6-9,12-20,23-40,42-45,48H,5,10-11,21-22,41H2,1-3H3;. The van der Waals surface area contributed by atoms with Gasteiger partial charge in [0.15, 0.2) is 0 Å². The van der Waals surface area contributed by atoms with Gasteiger partial charge < -0.3 is 0 Å². The zero-order chi connectivity index (χ0) is 51.8. The molecule has 3 aromatic heterocycles. The van der Waals surface area contributed by atoms with Crippen molar-refractivity contribution in [1.82, 2.24) is 18.7 Å². The number of ether oxygens (including phenoxy) is 1. The Kier molecular flexibility index (Phi) is 11.8. The summed E-state index contributed by atoms with van der Waals surface area (Å²) in [5.41, 5.74) is 21.9. The van der Waals surface area contributed by atoms with Crippen LogP contribution in [0.1, 0.15) is 81.0 Å². The van der Waals surface area contributed by atoms with Gasteiger partial charge in [-0.3, -0.25) is 0 Å². The molecule has 0 radical (unpaired) electrons. The molecule has 12 aromatic rings. The first kappa shape index (κ1) is 47.3. The molecule has 0 spiro atoms. The van der Waals surface area contributed by atoms with E-state index in [0.717, 1.165) is 55.3 Å². The van der Waals surface area contributed by atoms with E-state index in [9.17, 15) is 0 Å². The fourth-order valence-corrected chi connectivity index (χ4v) is 13.6. The van der Waals surface area contributed by atoms with Crippen molar-refractivity contribution in [3.05, 3.63) is 245 Å². The minimum atomic E-state index is -0.0259. The Hall–Kier alpha value is -8.11. The quantitative estimate of drug-likeness (QED) is 0.144. The Labute approximate surface area is 461 Å². The van der Waals surface area contributed by atoms with Gasteiger partial charge in [-0.1, -0.05) is 52.2 Å². The molecule has 0 N–H and O–H groups in total. The number of nitrogens with zero attached hydrogens (tertiary/aromatic N) is 4. The minimum absolute atomic E-state index is 0.0259. The second-order valence-electron chi connectivity index (χ2n) is 22.1. The number of fused-ring (bicyclic) bond motifs is 7. The van der Waals surface area contributed by atoms with Crippen LogP contribution in [0.3, 0.4) is 0 Å². The molecular formula is C71H58N4OPt. The summed E-state index contributed by atoms with van der Waals surface area (Å²) < 4.78 is 15.3. The molecule has 6 heteroatoms. The zero-order valence-corrected chi connectivity index (χ0v) is 45.9. The Morgan fingerprint density at radius 2 is 1.19 bits per heavy atom. The third kappa shape index (κ3) is 8.35. The number of pyridine rings is 1. The van der Waals surface area contributed by atoms with Gasteiger partial charge in [0, 0.05) is 6.20 Å². The monoisotopic (exact) mass is 1180 g/mol. The summed E-state index contributed by atoms with van der Waals surface area (Å²) in [5, 5.41) is 2.47. The van der Waals surface area contributed by atoms with Crippen LogP contribution in [-0.4, -0.2) is 18.7 Å². The molecule has 378 valence electrons. The van der Waals surface area contributed by atoms with Crippen molar-refractivity contribution in [2.24, 2.45) is 0 Å². The number of hydrogen-bond donors (Lipinski definition) is 0. The van der Waals surface area contributed by atoms with Gasteiger partial charge in [-0.2, -0.15) is 0 Å². The van der Waals surface area contributed by atoms with Crippen molar-refractivity contribution < 1.29 is 24.1 Å². The summed E-state index contributed by atoms with van der Waals surface area (Å²) in [4.78, 5) is 5.03. The fraction of sp³-hybridized carbons (Fsp3) is 0.155. The average Bonchev–Trinajstić information content (AvgIpc) is 4.31. The molecule has 77 heavy (non-hydrogen) atoms. The molecule has 2 aliphatic carbocycles. The van der Waals surface area contributed by atoms with E-state index in [2.05, 4.69) is 266 Å². The van der Waals surface area contributed by atoms with E-state index >= 15 is 0 Å². The van der Waals surface area contributed by atoms with E-state index < -0.39 is 0 Å². The van der Waals surface area contributed by atoms with Crippen molar-refractivity contribution in [2.45, 2.75) is 70.6 Å². The molecular weight excluding hydrogens is 1120 g/mol. The van der Waals surface area contributed by atoms with Crippen LogP contribution in [0, 0.1) is 3.80 Å². The number of hydrogen-bond acceptors (Lipinski definition) is 2. The molecule has 0 amide bonds. The van der Waals surface area contributed by atoms with Crippen LogP contribution in [0.5, 0.6) is 11.5 Å². The Bertz CT molecular complexity index is 4310. The molecule has 0 aliphatic heterocycles. The molecule has 0 saturated heterocycles. The number of para-hydroxylation sites is 2. The second kappa shape index (κ2) is 19.2. The molecule has 0 unspecified atom stereocenters. The molecule has 1 fully saturated rings. The summed E-state index contributed by atoms with van der Waals surface area (Å²) in [5.74, 6) is 3.06. The molecule has 5 nitrogen and oxygen atoms in total. The van der Waals surface area contributed by atoms with Gasteiger partial charge in [0.25, 0.3) is 0 Å². The number of benzene rings is 9. The van der Waals surface area contributed by atoms with E-state index in [-0.39, 0.29) is 5.41 Å². The first-order chi connectivity index (χ1) is 37.7. The van der Waals surface area contributed by atoms with Gasteiger partial charge in [0.1, 0.15) is 0 Å². The third-order valence-electron chi connectivity index (χ3n) is 16.3. The van der Waals surface area contributed by atoms with Gasteiger partial charge in [0.05, 0.1) is 0 Å². The fourth-order valence-electron chi connectivity index (χ4n) is 12.5. The Balaban J connectivity index is 0.912. The summed E-state index contributed by atoms with van der Waals surface area (Å²) in [7, 11) is 0. The van der Waals surface area contributed by atoms with E-state index in [1.54, 1.807) is 0 Å². The van der Waals surface area contributed by atoms with E-state index in [4.69, 9.17) is 9.72 Å². The number of rotatable bonds is 9. The van der Waals surface area contributed by atoms with Gasteiger partial charge in [-0.25, -0.2) is 0 Å². The summed E-state index contributed by atoms with van der Waals surface area (Å²) >= 11 is 2.57. The molecule has 0 atom stereocenters. The molecule has 3 heterocycles. The molecule has 9 aromatic carbocycles. The second-order valence-corrected chi connectivity index (χ2v) is 23.1. The average molecular weight is 1180 g/mol. The van der Waals surface area contributed by atoms with Crippen LogP contribution in [0.4, 0.5) is 0 Å². The summed E-state index contributed by atoms with van der Waals surface area (Å²) in [6.07, 6.45) is 9.27. The molecule has 0 bridgehead atoms. The Morgan fingerprint density at radius 1 is 0.494 bits per heavy atom. The van der Waals surface area contributed by atoms with Crippen LogP contribution < -0.4 is 4.74 Å². The van der Waals surface area contributed by atoms with E-state index in [0.29, 0.717) is 5.92 Å². The predicted octanol–water partition coefficient (Wildman–Crippen LogP) is 18.7. The first-order valence-electron chi connectivity index (χ1n) is 27.2. The van der Waals surface area contributed by atoms with Crippen LogP contribution in [0.2, 0.25) is 0 Å². The van der Waals surface area contributed by atoms with Crippen molar-refractivity contribution in [3.8, 4) is 73.2 Å². The maximum absolute atomic E-state index is 6.99. The van der Waals surface area contributed by atoms with Crippen LogP contribution in [-0.2, 0) is 31.2 Å². The van der Waals surface area contributed by atoms with Crippen molar-refractivity contribution in [2.75, 3.05) is 0 Å². The normalized spacial score (nSPS) is 13.6. The maximum atomic E-state index is 6.99. The van der Waals surface area contributed by atoms with Gasteiger partial charge in [-0.15, -0.1) is 0 Å². The van der Waals surface area contributed by atoms with Gasteiger partial charge in [0.2, 0.25) is 0 Å². The van der Waals surface area contributed by atoms with Crippen LogP contribution in [0.15, 0.2) is 219 Å². The van der Waals surface area contributed by atoms with Crippen molar-refractivity contribution in [1.29, 1.82) is 0 Å².